The summed E-state index contributed by atoms with van der Waals surface area (Å²) in [7, 11) is -3.09. The largest absolute Gasteiger partial charge is 0.346 e. The predicted octanol–water partition coefficient (Wildman–Crippen LogP) is 1.63. The second kappa shape index (κ2) is 5.17. The van der Waals surface area contributed by atoms with E-state index in [4.69, 9.17) is 0 Å². The molecule has 0 atom stereocenters. The van der Waals surface area contributed by atoms with Crippen molar-refractivity contribution in [2.24, 2.45) is 0 Å². The third-order valence-electron chi connectivity index (χ3n) is 4.33. The molecular formula is C15H17N5O2S. The van der Waals surface area contributed by atoms with Crippen molar-refractivity contribution in [1.29, 1.82) is 0 Å². The minimum absolute atomic E-state index is 0.105. The number of nitrogens with zero attached hydrogens (tertiary/aromatic N) is 4. The van der Waals surface area contributed by atoms with E-state index in [1.54, 1.807) is 13.1 Å². The standard InChI is InChI=1S/C15H17N5O2S/c1-2-23(21,22)19-9-12(10-19)20-8-11(7-18-20)13-3-5-16-15-14(13)4-6-17-15/h3-8,12H,2,9-10H2,1H3,(H,16,17). The Balaban J connectivity index is 1.58. The van der Waals surface area contributed by atoms with Crippen molar-refractivity contribution >= 4 is 21.1 Å². The number of aromatic nitrogens is 4. The Labute approximate surface area is 134 Å². The summed E-state index contributed by atoms with van der Waals surface area (Å²) in [6, 6.07) is 4.06. The van der Waals surface area contributed by atoms with Gasteiger partial charge < -0.3 is 4.98 Å². The van der Waals surface area contributed by atoms with E-state index in [0.29, 0.717) is 13.1 Å². The average Bonchev–Trinajstić information content (AvgIpc) is 3.13. The highest BCUT2D eigenvalue weighted by atomic mass is 32.2. The molecule has 0 radical (unpaired) electrons. The molecule has 0 aliphatic carbocycles. The van der Waals surface area contributed by atoms with Gasteiger partial charge in [-0.1, -0.05) is 0 Å². The van der Waals surface area contributed by atoms with E-state index in [9.17, 15) is 8.42 Å². The van der Waals surface area contributed by atoms with Crippen LogP contribution in [0.3, 0.4) is 0 Å². The molecule has 120 valence electrons. The van der Waals surface area contributed by atoms with Gasteiger partial charge in [0.1, 0.15) is 5.65 Å². The van der Waals surface area contributed by atoms with E-state index < -0.39 is 10.0 Å². The molecule has 0 aromatic carbocycles. The molecule has 4 heterocycles. The molecule has 0 amide bonds. The van der Waals surface area contributed by atoms with E-state index in [-0.39, 0.29) is 11.8 Å². The number of hydrogen-bond donors (Lipinski definition) is 1. The van der Waals surface area contributed by atoms with Crippen LogP contribution in [0.5, 0.6) is 0 Å². The zero-order chi connectivity index (χ0) is 16.0. The maximum absolute atomic E-state index is 11.8. The van der Waals surface area contributed by atoms with E-state index >= 15 is 0 Å². The third-order valence-corrected chi connectivity index (χ3v) is 6.15. The van der Waals surface area contributed by atoms with Gasteiger partial charge in [-0.2, -0.15) is 9.40 Å². The highest BCUT2D eigenvalue weighted by molar-refractivity contribution is 7.89. The monoisotopic (exact) mass is 331 g/mol. The van der Waals surface area contributed by atoms with Crippen LogP contribution in [0.1, 0.15) is 13.0 Å². The van der Waals surface area contributed by atoms with Crippen molar-refractivity contribution in [3.05, 3.63) is 36.9 Å². The lowest BCUT2D eigenvalue weighted by molar-refractivity contribution is 0.191. The lowest BCUT2D eigenvalue weighted by Gasteiger charge is -2.37. The van der Waals surface area contributed by atoms with Gasteiger partial charge in [0.15, 0.2) is 0 Å². The van der Waals surface area contributed by atoms with Gasteiger partial charge in [-0.15, -0.1) is 0 Å². The number of aromatic amines is 1. The topological polar surface area (TPSA) is 83.9 Å². The van der Waals surface area contributed by atoms with Crippen LogP contribution in [0.15, 0.2) is 36.9 Å². The minimum Gasteiger partial charge on any atom is -0.346 e. The zero-order valence-electron chi connectivity index (χ0n) is 12.7. The highest BCUT2D eigenvalue weighted by Gasteiger charge is 2.36. The summed E-state index contributed by atoms with van der Waals surface area (Å²) >= 11 is 0. The van der Waals surface area contributed by atoms with Crippen LogP contribution in [-0.2, 0) is 10.0 Å². The summed E-state index contributed by atoms with van der Waals surface area (Å²) in [6.07, 6.45) is 7.43. The van der Waals surface area contributed by atoms with Crippen molar-refractivity contribution in [2.45, 2.75) is 13.0 Å². The van der Waals surface area contributed by atoms with Gasteiger partial charge in [0.2, 0.25) is 10.0 Å². The fourth-order valence-corrected chi connectivity index (χ4v) is 4.05. The molecule has 0 spiro atoms. The molecule has 3 aromatic rings. The maximum Gasteiger partial charge on any atom is 0.213 e. The Bertz CT molecular complexity index is 953. The molecule has 23 heavy (non-hydrogen) atoms. The molecule has 8 heteroatoms. The Morgan fingerprint density at radius 1 is 1.35 bits per heavy atom. The van der Waals surface area contributed by atoms with Crippen molar-refractivity contribution in [2.75, 3.05) is 18.8 Å². The maximum atomic E-state index is 11.8. The van der Waals surface area contributed by atoms with Crippen molar-refractivity contribution in [1.82, 2.24) is 24.1 Å². The molecular weight excluding hydrogens is 314 g/mol. The van der Waals surface area contributed by atoms with Crippen LogP contribution in [0.25, 0.3) is 22.2 Å². The first-order valence-corrected chi connectivity index (χ1v) is 9.14. The summed E-state index contributed by atoms with van der Waals surface area (Å²) in [5.41, 5.74) is 2.92. The Hall–Kier alpha value is -2.19. The van der Waals surface area contributed by atoms with Gasteiger partial charge in [-0.05, 0) is 24.6 Å². The van der Waals surface area contributed by atoms with E-state index in [1.165, 1.54) is 4.31 Å². The summed E-state index contributed by atoms with van der Waals surface area (Å²) in [5, 5.41) is 5.46. The number of sulfonamides is 1. The van der Waals surface area contributed by atoms with Crippen LogP contribution >= 0.6 is 0 Å². The smallest absolute Gasteiger partial charge is 0.213 e. The van der Waals surface area contributed by atoms with E-state index in [1.807, 2.05) is 35.4 Å². The lowest BCUT2D eigenvalue weighted by atomic mass is 10.1. The second-order valence-corrected chi connectivity index (χ2v) is 7.94. The van der Waals surface area contributed by atoms with Crippen molar-refractivity contribution in [3.8, 4) is 11.1 Å². The molecule has 0 saturated carbocycles. The van der Waals surface area contributed by atoms with Crippen LogP contribution in [0.4, 0.5) is 0 Å². The first-order valence-electron chi connectivity index (χ1n) is 7.53. The molecule has 0 unspecified atom stereocenters. The normalized spacial score (nSPS) is 16.7. The summed E-state index contributed by atoms with van der Waals surface area (Å²) in [6.45, 7) is 2.65. The summed E-state index contributed by atoms with van der Waals surface area (Å²) in [5.74, 6) is 0.145. The molecule has 3 aromatic heterocycles. The average molecular weight is 331 g/mol. The van der Waals surface area contributed by atoms with Gasteiger partial charge in [-0.3, -0.25) is 4.68 Å². The van der Waals surface area contributed by atoms with Crippen LogP contribution in [0.2, 0.25) is 0 Å². The van der Waals surface area contributed by atoms with Gasteiger partial charge in [0.05, 0.1) is 18.0 Å². The van der Waals surface area contributed by atoms with Crippen LogP contribution < -0.4 is 0 Å². The lowest BCUT2D eigenvalue weighted by Crippen LogP contribution is -2.51. The second-order valence-electron chi connectivity index (χ2n) is 5.68. The highest BCUT2D eigenvalue weighted by Crippen LogP contribution is 2.29. The number of pyridine rings is 1. The Kier molecular flexibility index (Phi) is 3.24. The molecule has 0 bridgehead atoms. The molecule has 1 fully saturated rings. The van der Waals surface area contributed by atoms with Crippen molar-refractivity contribution < 1.29 is 8.42 Å². The Morgan fingerprint density at radius 3 is 2.96 bits per heavy atom. The third kappa shape index (κ3) is 2.34. The number of nitrogens with one attached hydrogen (secondary N) is 1. The van der Waals surface area contributed by atoms with Crippen LogP contribution in [-0.4, -0.2) is 51.3 Å². The number of hydrogen-bond acceptors (Lipinski definition) is 4. The molecule has 1 N–H and O–H groups in total. The van der Waals surface area contributed by atoms with Gasteiger partial charge in [0.25, 0.3) is 0 Å². The first kappa shape index (κ1) is 14.4. The predicted molar refractivity (Wildman–Crippen MR) is 87.4 cm³/mol. The van der Waals surface area contributed by atoms with Gasteiger partial charge >= 0.3 is 0 Å². The molecule has 1 aliphatic heterocycles. The van der Waals surface area contributed by atoms with Gasteiger partial charge in [0, 0.05) is 42.6 Å². The zero-order valence-corrected chi connectivity index (χ0v) is 13.5. The van der Waals surface area contributed by atoms with E-state index in [0.717, 1.165) is 22.2 Å². The fourth-order valence-electron chi connectivity index (χ4n) is 2.88. The molecule has 7 nitrogen and oxygen atoms in total. The van der Waals surface area contributed by atoms with E-state index in [2.05, 4.69) is 15.1 Å². The fraction of sp³-hybridized carbons (Fsp3) is 0.333. The van der Waals surface area contributed by atoms with Crippen LogP contribution in [0, 0.1) is 0 Å². The Morgan fingerprint density at radius 2 is 2.17 bits per heavy atom. The quantitative estimate of drug-likeness (QED) is 0.787. The van der Waals surface area contributed by atoms with Crippen molar-refractivity contribution in [3.63, 3.8) is 0 Å². The SMILES string of the molecule is CCS(=O)(=O)N1CC(n2cc(-c3ccnc4[nH]ccc34)cn2)C1. The number of rotatable bonds is 4. The number of fused-ring (bicyclic) bond motifs is 1. The minimum atomic E-state index is -3.09. The molecule has 1 aliphatic rings. The summed E-state index contributed by atoms with van der Waals surface area (Å²) < 4.78 is 26.9. The van der Waals surface area contributed by atoms with Gasteiger partial charge in [-0.25, -0.2) is 13.4 Å². The summed E-state index contributed by atoms with van der Waals surface area (Å²) in [4.78, 5) is 7.39. The first-order chi connectivity index (χ1) is 11.1. The molecule has 1 saturated heterocycles. The number of H-pyrrole nitrogens is 1. The molecule has 4 rings (SSSR count).